The fraction of sp³-hybridized carbons (Fsp3) is 0. The van der Waals surface area contributed by atoms with E-state index in [1.807, 2.05) is 42.5 Å². The van der Waals surface area contributed by atoms with Crippen molar-refractivity contribution in [2.45, 2.75) is 0 Å². The van der Waals surface area contributed by atoms with Crippen molar-refractivity contribution in [3.8, 4) is 11.1 Å². The Bertz CT molecular complexity index is 809. The van der Waals surface area contributed by atoms with Crippen molar-refractivity contribution in [3.05, 3.63) is 66.2 Å². The zero-order chi connectivity index (χ0) is 14.1. The monoisotopic (exact) mass is 263 g/mol. The fourth-order valence-corrected chi connectivity index (χ4v) is 2.34. The molecule has 0 unspecified atom stereocenters. The zero-order valence-corrected chi connectivity index (χ0v) is 10.7. The summed E-state index contributed by atoms with van der Waals surface area (Å²) in [6.45, 7) is 0. The summed E-state index contributed by atoms with van der Waals surface area (Å²) < 4.78 is 0. The third-order valence-electron chi connectivity index (χ3n) is 3.33. The molecule has 0 radical (unpaired) electrons. The third kappa shape index (κ3) is 2.10. The summed E-state index contributed by atoms with van der Waals surface area (Å²) in [5, 5.41) is 11.5. The second-order valence-corrected chi connectivity index (χ2v) is 4.67. The number of rotatable bonds is 2. The van der Waals surface area contributed by atoms with Crippen LogP contribution in [0.5, 0.6) is 0 Å². The molecule has 3 aromatic rings. The van der Waals surface area contributed by atoms with Gasteiger partial charge in [-0.05, 0) is 46.2 Å². The van der Waals surface area contributed by atoms with Crippen LogP contribution in [0, 0.1) is 0 Å². The lowest BCUT2D eigenvalue weighted by molar-refractivity contribution is 0.0698. The van der Waals surface area contributed by atoms with Gasteiger partial charge in [-0.2, -0.15) is 0 Å². The van der Waals surface area contributed by atoms with E-state index < -0.39 is 5.97 Å². The number of hydrogen-bond donors (Lipinski definition) is 2. The number of carboxylic acid groups (broad SMARTS) is 1. The Kier molecular flexibility index (Phi) is 2.88. The second kappa shape index (κ2) is 4.70. The summed E-state index contributed by atoms with van der Waals surface area (Å²) in [6.07, 6.45) is 0. The van der Waals surface area contributed by atoms with Crippen LogP contribution in [0.1, 0.15) is 10.4 Å². The van der Waals surface area contributed by atoms with E-state index in [9.17, 15) is 9.90 Å². The lowest BCUT2D eigenvalue weighted by Crippen LogP contribution is -2.00. The molecular formula is C17H13NO2. The van der Waals surface area contributed by atoms with Gasteiger partial charge in [-0.3, -0.25) is 0 Å². The van der Waals surface area contributed by atoms with Crippen molar-refractivity contribution in [1.82, 2.24) is 0 Å². The first kappa shape index (κ1) is 12.2. The minimum atomic E-state index is -0.951. The maximum Gasteiger partial charge on any atom is 0.336 e. The van der Waals surface area contributed by atoms with E-state index in [0.717, 1.165) is 16.3 Å². The molecule has 0 fully saturated rings. The first-order valence-corrected chi connectivity index (χ1v) is 6.27. The highest BCUT2D eigenvalue weighted by Gasteiger charge is 2.12. The Labute approximate surface area is 116 Å². The summed E-state index contributed by atoms with van der Waals surface area (Å²) in [5.41, 5.74) is 8.09. The Hall–Kier alpha value is -2.81. The van der Waals surface area contributed by atoms with Crippen LogP contribution in [-0.2, 0) is 0 Å². The Morgan fingerprint density at radius 1 is 0.900 bits per heavy atom. The van der Waals surface area contributed by atoms with Crippen LogP contribution in [-0.4, -0.2) is 11.1 Å². The number of nitrogen functional groups attached to an aromatic ring is 1. The second-order valence-electron chi connectivity index (χ2n) is 4.67. The SMILES string of the molecule is Nc1ccc(C(=O)O)c(-c2ccc3ccccc3c2)c1. The number of nitrogens with two attached hydrogens (primary N) is 1. The Morgan fingerprint density at radius 2 is 1.65 bits per heavy atom. The van der Waals surface area contributed by atoms with Crippen LogP contribution in [0.2, 0.25) is 0 Å². The number of benzene rings is 3. The lowest BCUT2D eigenvalue weighted by atomic mass is 9.96. The smallest absolute Gasteiger partial charge is 0.336 e. The average Bonchev–Trinajstić information content (AvgIpc) is 2.46. The van der Waals surface area contributed by atoms with E-state index in [1.54, 1.807) is 18.2 Å². The minimum Gasteiger partial charge on any atom is -0.478 e. The molecular weight excluding hydrogens is 250 g/mol. The van der Waals surface area contributed by atoms with Gasteiger partial charge in [-0.25, -0.2) is 4.79 Å². The van der Waals surface area contributed by atoms with E-state index in [4.69, 9.17) is 5.73 Å². The van der Waals surface area contributed by atoms with Crippen LogP contribution in [0.4, 0.5) is 5.69 Å². The first-order chi connectivity index (χ1) is 9.65. The molecule has 98 valence electrons. The molecule has 0 aliphatic rings. The molecule has 0 bridgehead atoms. The van der Waals surface area contributed by atoms with Crippen LogP contribution >= 0.6 is 0 Å². The third-order valence-corrected chi connectivity index (χ3v) is 3.33. The van der Waals surface area contributed by atoms with E-state index >= 15 is 0 Å². The van der Waals surface area contributed by atoms with Gasteiger partial charge < -0.3 is 10.8 Å². The largest absolute Gasteiger partial charge is 0.478 e. The molecule has 0 aliphatic heterocycles. The van der Waals surface area contributed by atoms with E-state index in [1.165, 1.54) is 0 Å². The summed E-state index contributed by atoms with van der Waals surface area (Å²) in [7, 11) is 0. The normalized spacial score (nSPS) is 10.6. The van der Waals surface area contributed by atoms with Crippen molar-refractivity contribution >= 4 is 22.4 Å². The molecule has 0 heterocycles. The maximum absolute atomic E-state index is 11.3. The highest BCUT2D eigenvalue weighted by atomic mass is 16.4. The molecule has 3 nitrogen and oxygen atoms in total. The molecule has 20 heavy (non-hydrogen) atoms. The molecule has 3 heteroatoms. The number of carbonyl (C=O) groups is 1. The average molecular weight is 263 g/mol. The number of fused-ring (bicyclic) bond motifs is 1. The van der Waals surface area contributed by atoms with Gasteiger partial charge in [0, 0.05) is 5.69 Å². The van der Waals surface area contributed by atoms with E-state index in [-0.39, 0.29) is 5.56 Å². The quantitative estimate of drug-likeness (QED) is 0.691. The molecule has 0 spiro atoms. The molecule has 0 atom stereocenters. The lowest BCUT2D eigenvalue weighted by Gasteiger charge is -2.09. The highest BCUT2D eigenvalue weighted by molar-refractivity contribution is 5.98. The standard InChI is InChI=1S/C17H13NO2/c18-14-7-8-15(17(19)20)16(10-14)13-6-5-11-3-1-2-4-12(11)9-13/h1-10H,18H2,(H,19,20). The summed E-state index contributed by atoms with van der Waals surface area (Å²) in [5.74, 6) is -0.951. The molecule has 0 amide bonds. The summed E-state index contributed by atoms with van der Waals surface area (Å²) in [6, 6.07) is 18.7. The van der Waals surface area contributed by atoms with Gasteiger partial charge in [-0.15, -0.1) is 0 Å². The van der Waals surface area contributed by atoms with Gasteiger partial charge in [0.15, 0.2) is 0 Å². The van der Waals surface area contributed by atoms with Crippen molar-refractivity contribution in [2.24, 2.45) is 0 Å². The first-order valence-electron chi connectivity index (χ1n) is 6.27. The molecule has 0 saturated heterocycles. The van der Waals surface area contributed by atoms with Crippen LogP contribution in [0.3, 0.4) is 0 Å². The molecule has 3 N–H and O–H groups in total. The van der Waals surface area contributed by atoms with E-state index in [2.05, 4.69) is 0 Å². The number of anilines is 1. The Balaban J connectivity index is 2.24. The van der Waals surface area contributed by atoms with Gasteiger partial charge >= 0.3 is 5.97 Å². The highest BCUT2D eigenvalue weighted by Crippen LogP contribution is 2.29. The summed E-state index contributed by atoms with van der Waals surface area (Å²) in [4.78, 5) is 11.3. The summed E-state index contributed by atoms with van der Waals surface area (Å²) >= 11 is 0. The van der Waals surface area contributed by atoms with Crippen LogP contribution < -0.4 is 5.73 Å². The maximum atomic E-state index is 11.3. The van der Waals surface area contributed by atoms with Gasteiger partial charge in [0.2, 0.25) is 0 Å². The number of hydrogen-bond acceptors (Lipinski definition) is 2. The van der Waals surface area contributed by atoms with Crippen LogP contribution in [0.15, 0.2) is 60.7 Å². The topological polar surface area (TPSA) is 63.3 Å². The minimum absolute atomic E-state index is 0.259. The van der Waals surface area contributed by atoms with Gasteiger partial charge in [0.25, 0.3) is 0 Å². The van der Waals surface area contributed by atoms with Gasteiger partial charge in [0.05, 0.1) is 5.56 Å². The molecule has 3 aromatic carbocycles. The molecule has 3 rings (SSSR count). The van der Waals surface area contributed by atoms with E-state index in [0.29, 0.717) is 11.3 Å². The predicted molar refractivity (Wildman–Crippen MR) is 80.8 cm³/mol. The van der Waals surface area contributed by atoms with Crippen molar-refractivity contribution in [1.29, 1.82) is 0 Å². The number of carboxylic acids is 1. The molecule has 0 aromatic heterocycles. The van der Waals surface area contributed by atoms with Gasteiger partial charge in [-0.1, -0.05) is 36.4 Å². The zero-order valence-electron chi connectivity index (χ0n) is 10.7. The van der Waals surface area contributed by atoms with Crippen LogP contribution in [0.25, 0.3) is 21.9 Å². The van der Waals surface area contributed by atoms with Crippen molar-refractivity contribution in [3.63, 3.8) is 0 Å². The molecule has 0 aliphatic carbocycles. The predicted octanol–water partition coefficient (Wildman–Crippen LogP) is 3.79. The molecule has 0 saturated carbocycles. The number of aromatic carboxylic acids is 1. The van der Waals surface area contributed by atoms with Crippen molar-refractivity contribution in [2.75, 3.05) is 5.73 Å². The van der Waals surface area contributed by atoms with Crippen molar-refractivity contribution < 1.29 is 9.90 Å². The van der Waals surface area contributed by atoms with Gasteiger partial charge in [0.1, 0.15) is 0 Å². The Morgan fingerprint density at radius 3 is 2.40 bits per heavy atom. The fourth-order valence-electron chi connectivity index (χ4n) is 2.34.